The van der Waals surface area contributed by atoms with Crippen LogP contribution in [0.15, 0.2) is 12.4 Å². The zero-order valence-corrected chi connectivity index (χ0v) is 14.8. The number of halogens is 1. The molecule has 8 nitrogen and oxygen atoms in total. The molecule has 2 atom stereocenters. The second kappa shape index (κ2) is 5.65. The zero-order chi connectivity index (χ0) is 17.9. The number of nitrogens with zero attached hydrogens (tertiary/aromatic N) is 4. The molecule has 3 aliphatic rings. The molecule has 26 heavy (non-hydrogen) atoms. The Labute approximate surface area is 155 Å². The summed E-state index contributed by atoms with van der Waals surface area (Å²) in [5, 5.41) is 19.9. The highest BCUT2D eigenvalue weighted by molar-refractivity contribution is 6.32. The minimum atomic E-state index is -0.441. The maximum atomic E-state index is 13.2. The van der Waals surface area contributed by atoms with Crippen molar-refractivity contribution in [1.82, 2.24) is 20.2 Å². The summed E-state index contributed by atoms with van der Waals surface area (Å²) in [5.41, 5.74) is 1.05. The number of aliphatic hydroxyl groups excluding tert-OH is 1. The van der Waals surface area contributed by atoms with Crippen molar-refractivity contribution in [2.75, 3.05) is 10.2 Å². The molecule has 0 aromatic carbocycles. The van der Waals surface area contributed by atoms with Gasteiger partial charge in [0.2, 0.25) is 11.9 Å². The monoisotopic (exact) mass is 374 g/mol. The number of aromatic amines is 1. The van der Waals surface area contributed by atoms with E-state index in [2.05, 4.69) is 25.5 Å². The molecular weight excluding hydrogens is 356 g/mol. The first-order valence-electron chi connectivity index (χ1n) is 8.94. The van der Waals surface area contributed by atoms with Crippen molar-refractivity contribution in [1.29, 1.82) is 0 Å². The normalized spacial score (nSPS) is 26.2. The van der Waals surface area contributed by atoms with Gasteiger partial charge in [-0.05, 0) is 38.5 Å². The summed E-state index contributed by atoms with van der Waals surface area (Å²) in [4.78, 5) is 24.0. The number of aromatic nitrogens is 4. The molecule has 0 saturated heterocycles. The maximum absolute atomic E-state index is 13.2. The number of anilines is 3. The Balaban J connectivity index is 1.52. The van der Waals surface area contributed by atoms with E-state index in [9.17, 15) is 9.90 Å². The number of nitrogens with one attached hydrogen (secondary N) is 2. The second-order valence-electron chi connectivity index (χ2n) is 7.38. The summed E-state index contributed by atoms with van der Waals surface area (Å²) in [5.74, 6) is 1.15. The fourth-order valence-corrected chi connectivity index (χ4v) is 4.35. The van der Waals surface area contributed by atoms with Gasteiger partial charge in [0.1, 0.15) is 5.82 Å². The first-order valence-corrected chi connectivity index (χ1v) is 9.32. The van der Waals surface area contributed by atoms with Gasteiger partial charge in [0.05, 0.1) is 17.2 Å². The lowest BCUT2D eigenvalue weighted by atomic mass is 9.92. The Hall–Kier alpha value is -2.19. The van der Waals surface area contributed by atoms with E-state index in [1.807, 2.05) is 4.90 Å². The van der Waals surface area contributed by atoms with E-state index in [0.717, 1.165) is 37.7 Å². The van der Waals surface area contributed by atoms with Gasteiger partial charge in [0, 0.05) is 24.0 Å². The lowest BCUT2D eigenvalue weighted by molar-refractivity contribution is -0.121. The fraction of sp³-hybridized carbons (Fsp3) is 0.529. The van der Waals surface area contributed by atoms with E-state index >= 15 is 0 Å². The van der Waals surface area contributed by atoms with Crippen molar-refractivity contribution in [2.45, 2.75) is 56.1 Å². The quantitative estimate of drug-likeness (QED) is 0.760. The van der Waals surface area contributed by atoms with Crippen LogP contribution in [0.3, 0.4) is 0 Å². The van der Waals surface area contributed by atoms with Crippen molar-refractivity contribution >= 4 is 35.0 Å². The summed E-state index contributed by atoms with van der Waals surface area (Å²) >= 11 is 6.00. The Morgan fingerprint density at radius 3 is 2.92 bits per heavy atom. The average molecular weight is 375 g/mol. The lowest BCUT2D eigenvalue weighted by Gasteiger charge is -2.33. The van der Waals surface area contributed by atoms with Crippen LogP contribution in [0, 0.1) is 0 Å². The van der Waals surface area contributed by atoms with E-state index < -0.39 is 5.41 Å². The van der Waals surface area contributed by atoms with Gasteiger partial charge in [0.25, 0.3) is 0 Å². The molecule has 1 aliphatic heterocycles. The fourth-order valence-electron chi connectivity index (χ4n) is 4.20. The molecule has 1 amide bonds. The number of hydrogen-bond donors (Lipinski definition) is 3. The third-order valence-corrected chi connectivity index (χ3v) is 6.00. The van der Waals surface area contributed by atoms with Crippen molar-refractivity contribution < 1.29 is 9.90 Å². The van der Waals surface area contributed by atoms with Crippen LogP contribution < -0.4 is 10.2 Å². The van der Waals surface area contributed by atoms with Crippen LogP contribution in [-0.4, -0.2) is 43.3 Å². The molecule has 2 aliphatic carbocycles. The molecule has 3 heterocycles. The van der Waals surface area contributed by atoms with E-state index in [1.54, 1.807) is 12.4 Å². The minimum Gasteiger partial charge on any atom is -0.393 e. The molecule has 9 heteroatoms. The first kappa shape index (κ1) is 16.0. The Bertz CT molecular complexity index is 880. The van der Waals surface area contributed by atoms with Gasteiger partial charge in [0.15, 0.2) is 5.15 Å². The number of fused-ring (bicyclic) bond motifs is 2. The SMILES string of the molecule is O=C1N([C@@H]2CCC[C@@H](O)C2)c2nc(Nc3c[nH]nc3Cl)ncc2C12CC2. The van der Waals surface area contributed by atoms with Crippen LogP contribution in [0.1, 0.15) is 44.1 Å². The topological polar surface area (TPSA) is 107 Å². The van der Waals surface area contributed by atoms with E-state index in [1.165, 1.54) is 0 Å². The number of carbonyl (C=O) groups excluding carboxylic acids is 1. The molecule has 1 spiro atoms. The summed E-state index contributed by atoms with van der Waals surface area (Å²) in [7, 11) is 0. The number of H-pyrrole nitrogens is 1. The van der Waals surface area contributed by atoms with Gasteiger partial charge >= 0.3 is 0 Å². The molecule has 5 rings (SSSR count). The number of hydrogen-bond acceptors (Lipinski definition) is 6. The van der Waals surface area contributed by atoms with Crippen LogP contribution >= 0.6 is 11.6 Å². The second-order valence-corrected chi connectivity index (χ2v) is 7.74. The summed E-state index contributed by atoms with van der Waals surface area (Å²) in [6.07, 6.45) is 7.91. The largest absolute Gasteiger partial charge is 0.393 e. The van der Waals surface area contributed by atoms with E-state index in [0.29, 0.717) is 29.0 Å². The van der Waals surface area contributed by atoms with E-state index in [4.69, 9.17) is 11.6 Å². The first-order chi connectivity index (χ1) is 12.6. The predicted molar refractivity (Wildman–Crippen MR) is 95.6 cm³/mol. The van der Waals surface area contributed by atoms with Gasteiger partial charge in [-0.2, -0.15) is 10.1 Å². The van der Waals surface area contributed by atoms with Gasteiger partial charge in [-0.1, -0.05) is 11.6 Å². The molecule has 136 valence electrons. The summed E-state index contributed by atoms with van der Waals surface area (Å²) in [6.45, 7) is 0. The Kier molecular flexibility index (Phi) is 3.48. The summed E-state index contributed by atoms with van der Waals surface area (Å²) in [6, 6.07) is -0.00904. The van der Waals surface area contributed by atoms with Gasteiger partial charge in [-0.15, -0.1) is 0 Å². The molecular formula is C17H19ClN6O2. The number of carbonyl (C=O) groups is 1. The number of aliphatic hydroxyl groups is 1. The smallest absolute Gasteiger partial charge is 0.239 e. The molecule has 3 N–H and O–H groups in total. The van der Waals surface area contributed by atoms with Crippen LogP contribution in [0.25, 0.3) is 0 Å². The maximum Gasteiger partial charge on any atom is 0.239 e. The zero-order valence-electron chi connectivity index (χ0n) is 14.1. The van der Waals surface area contributed by atoms with Crippen LogP contribution in [0.2, 0.25) is 5.15 Å². The van der Waals surface area contributed by atoms with Gasteiger partial charge in [-0.3, -0.25) is 14.8 Å². The van der Waals surface area contributed by atoms with Crippen molar-refractivity contribution in [2.24, 2.45) is 0 Å². The molecule has 0 bridgehead atoms. The Morgan fingerprint density at radius 1 is 1.38 bits per heavy atom. The minimum absolute atomic E-state index is 0.00904. The average Bonchev–Trinajstić information content (AvgIpc) is 3.28. The molecule has 2 saturated carbocycles. The number of amides is 1. The Morgan fingerprint density at radius 2 is 2.23 bits per heavy atom. The third-order valence-electron chi connectivity index (χ3n) is 5.71. The molecule has 2 fully saturated rings. The van der Waals surface area contributed by atoms with Crippen LogP contribution in [0.5, 0.6) is 0 Å². The lowest BCUT2D eigenvalue weighted by Crippen LogP contribution is -2.44. The standard InChI is InChI=1S/C17H19ClN6O2/c18-13-12(8-20-23-13)21-16-19-7-11-14(22-16)24(15(26)17(11)4-5-17)9-2-1-3-10(25)6-9/h7-10,25H,1-6H2,(H,20,23)(H,19,21,22)/t9-,10-/m1/s1. The van der Waals surface area contributed by atoms with E-state index in [-0.39, 0.29) is 18.1 Å². The van der Waals surface area contributed by atoms with Crippen LogP contribution in [0.4, 0.5) is 17.5 Å². The predicted octanol–water partition coefficient (Wildman–Crippen LogP) is 2.28. The molecule has 2 aromatic rings. The van der Waals surface area contributed by atoms with Crippen LogP contribution in [-0.2, 0) is 10.2 Å². The third kappa shape index (κ3) is 2.32. The van der Waals surface area contributed by atoms with Crippen molar-refractivity contribution in [3.63, 3.8) is 0 Å². The summed E-state index contributed by atoms with van der Waals surface area (Å²) < 4.78 is 0. The highest BCUT2D eigenvalue weighted by Gasteiger charge is 2.61. The van der Waals surface area contributed by atoms with Crippen molar-refractivity contribution in [3.05, 3.63) is 23.1 Å². The molecule has 2 aromatic heterocycles. The highest BCUT2D eigenvalue weighted by atomic mass is 35.5. The van der Waals surface area contributed by atoms with Crippen molar-refractivity contribution in [3.8, 4) is 0 Å². The van der Waals surface area contributed by atoms with Gasteiger partial charge < -0.3 is 10.4 Å². The number of rotatable bonds is 3. The highest BCUT2D eigenvalue weighted by Crippen LogP contribution is 2.57. The van der Waals surface area contributed by atoms with Gasteiger partial charge in [-0.25, -0.2) is 4.98 Å². The molecule has 0 unspecified atom stereocenters. The molecule has 0 radical (unpaired) electrons.